The SMILES string of the molecule is Nc1ccc2oc(O)cc2n1. The Morgan fingerprint density at radius 2 is 2.27 bits per heavy atom. The number of aromatic hydroxyl groups is 1. The van der Waals surface area contributed by atoms with E-state index in [0.29, 0.717) is 16.9 Å². The zero-order valence-electron chi connectivity index (χ0n) is 5.61. The third kappa shape index (κ3) is 0.881. The standard InChI is InChI=1S/C7H6N2O2/c8-6-2-1-5-4(9-6)3-7(10)11-5/h1-3,10H,(H2,8,9). The van der Waals surface area contributed by atoms with Crippen LogP contribution in [0, 0.1) is 0 Å². The van der Waals surface area contributed by atoms with Gasteiger partial charge in [0, 0.05) is 6.07 Å². The van der Waals surface area contributed by atoms with Gasteiger partial charge in [-0.25, -0.2) is 4.98 Å². The second-order valence-corrected chi connectivity index (χ2v) is 2.20. The topological polar surface area (TPSA) is 72.3 Å². The van der Waals surface area contributed by atoms with Crippen molar-refractivity contribution in [1.29, 1.82) is 0 Å². The molecular formula is C7H6N2O2. The molecule has 0 fully saturated rings. The monoisotopic (exact) mass is 150 g/mol. The summed E-state index contributed by atoms with van der Waals surface area (Å²) in [5, 5.41) is 8.90. The average molecular weight is 150 g/mol. The van der Waals surface area contributed by atoms with Gasteiger partial charge in [0.25, 0.3) is 5.95 Å². The molecule has 4 nitrogen and oxygen atoms in total. The fourth-order valence-electron chi connectivity index (χ4n) is 0.927. The van der Waals surface area contributed by atoms with Gasteiger partial charge in [0.05, 0.1) is 0 Å². The number of rotatable bonds is 0. The van der Waals surface area contributed by atoms with Crippen LogP contribution in [0.3, 0.4) is 0 Å². The van der Waals surface area contributed by atoms with Crippen molar-refractivity contribution in [3.63, 3.8) is 0 Å². The van der Waals surface area contributed by atoms with Crippen molar-refractivity contribution in [2.75, 3.05) is 5.73 Å². The fourth-order valence-corrected chi connectivity index (χ4v) is 0.927. The molecule has 0 unspecified atom stereocenters. The number of hydrogen-bond donors (Lipinski definition) is 2. The van der Waals surface area contributed by atoms with Gasteiger partial charge < -0.3 is 15.3 Å². The maximum atomic E-state index is 8.90. The molecule has 11 heavy (non-hydrogen) atoms. The molecule has 0 aliphatic carbocycles. The summed E-state index contributed by atoms with van der Waals surface area (Å²) in [6.45, 7) is 0. The molecule has 4 heteroatoms. The average Bonchev–Trinajstić information content (AvgIpc) is 2.27. The molecular weight excluding hydrogens is 144 g/mol. The predicted molar refractivity (Wildman–Crippen MR) is 40.1 cm³/mol. The van der Waals surface area contributed by atoms with Crippen molar-refractivity contribution in [2.24, 2.45) is 0 Å². The number of hydrogen-bond acceptors (Lipinski definition) is 4. The lowest BCUT2D eigenvalue weighted by atomic mass is 10.4. The second-order valence-electron chi connectivity index (χ2n) is 2.20. The Kier molecular flexibility index (Phi) is 1.03. The normalized spacial score (nSPS) is 10.5. The highest BCUT2D eigenvalue weighted by Crippen LogP contribution is 2.22. The summed E-state index contributed by atoms with van der Waals surface area (Å²) in [7, 11) is 0. The number of aromatic nitrogens is 1. The molecule has 0 saturated carbocycles. The van der Waals surface area contributed by atoms with Crippen LogP contribution in [-0.4, -0.2) is 10.1 Å². The van der Waals surface area contributed by atoms with Crippen molar-refractivity contribution in [3.05, 3.63) is 18.2 Å². The number of nitrogens with zero attached hydrogens (tertiary/aromatic N) is 1. The van der Waals surface area contributed by atoms with E-state index >= 15 is 0 Å². The van der Waals surface area contributed by atoms with E-state index in [-0.39, 0.29) is 5.95 Å². The maximum absolute atomic E-state index is 8.90. The maximum Gasteiger partial charge on any atom is 0.284 e. The second kappa shape index (κ2) is 1.88. The smallest absolute Gasteiger partial charge is 0.284 e. The number of fused-ring (bicyclic) bond motifs is 1. The number of furan rings is 1. The van der Waals surface area contributed by atoms with Gasteiger partial charge in [0.1, 0.15) is 11.3 Å². The van der Waals surface area contributed by atoms with Crippen LogP contribution in [-0.2, 0) is 0 Å². The summed E-state index contributed by atoms with van der Waals surface area (Å²) in [5.41, 5.74) is 6.51. The van der Waals surface area contributed by atoms with Crippen LogP contribution in [0.4, 0.5) is 5.82 Å². The molecule has 0 bridgehead atoms. The van der Waals surface area contributed by atoms with Gasteiger partial charge in [-0.05, 0) is 12.1 Å². The minimum Gasteiger partial charge on any atom is -0.481 e. The first-order valence-corrected chi connectivity index (χ1v) is 3.11. The highest BCUT2D eigenvalue weighted by molar-refractivity contribution is 5.75. The molecule has 2 aromatic heterocycles. The summed E-state index contributed by atoms with van der Waals surface area (Å²) in [4.78, 5) is 3.92. The number of pyridine rings is 1. The predicted octanol–water partition coefficient (Wildman–Crippen LogP) is 1.12. The lowest BCUT2D eigenvalue weighted by molar-refractivity contribution is 0.346. The molecule has 2 rings (SSSR count). The van der Waals surface area contributed by atoms with Crippen LogP contribution in [0.25, 0.3) is 11.1 Å². The highest BCUT2D eigenvalue weighted by Gasteiger charge is 2.01. The molecule has 0 saturated heterocycles. The molecule has 0 amide bonds. The summed E-state index contributed by atoms with van der Waals surface area (Å²) in [5.74, 6) is 0.274. The fraction of sp³-hybridized carbons (Fsp3) is 0. The zero-order valence-corrected chi connectivity index (χ0v) is 5.61. The van der Waals surface area contributed by atoms with E-state index in [0.717, 1.165) is 0 Å². The van der Waals surface area contributed by atoms with Gasteiger partial charge in [-0.1, -0.05) is 0 Å². The summed E-state index contributed by atoms with van der Waals surface area (Å²) < 4.78 is 4.86. The van der Waals surface area contributed by atoms with Crippen LogP contribution < -0.4 is 5.73 Å². The van der Waals surface area contributed by atoms with Crippen LogP contribution in [0.5, 0.6) is 5.95 Å². The lowest BCUT2D eigenvalue weighted by Gasteiger charge is -1.88. The zero-order chi connectivity index (χ0) is 7.84. The largest absolute Gasteiger partial charge is 0.481 e. The molecule has 0 aromatic carbocycles. The Balaban J connectivity index is 2.82. The Morgan fingerprint density at radius 3 is 3.09 bits per heavy atom. The van der Waals surface area contributed by atoms with Crippen molar-refractivity contribution in [3.8, 4) is 5.95 Å². The van der Waals surface area contributed by atoms with Crippen LogP contribution in [0.15, 0.2) is 22.6 Å². The number of nitrogens with two attached hydrogens (primary N) is 1. The summed E-state index contributed by atoms with van der Waals surface area (Å²) >= 11 is 0. The number of nitrogen functional groups attached to an aromatic ring is 1. The van der Waals surface area contributed by atoms with Crippen molar-refractivity contribution < 1.29 is 9.52 Å². The Hall–Kier alpha value is -1.71. The van der Waals surface area contributed by atoms with Gasteiger partial charge in [0.2, 0.25) is 0 Å². The minimum atomic E-state index is -0.141. The Morgan fingerprint density at radius 1 is 1.45 bits per heavy atom. The van der Waals surface area contributed by atoms with Gasteiger partial charge in [-0.2, -0.15) is 0 Å². The van der Waals surface area contributed by atoms with E-state index in [1.54, 1.807) is 12.1 Å². The number of anilines is 1. The summed E-state index contributed by atoms with van der Waals surface area (Å²) in [6.07, 6.45) is 0. The van der Waals surface area contributed by atoms with Crippen molar-refractivity contribution in [2.45, 2.75) is 0 Å². The highest BCUT2D eigenvalue weighted by atomic mass is 16.5. The van der Waals surface area contributed by atoms with E-state index in [1.807, 2.05) is 0 Å². The molecule has 0 radical (unpaired) electrons. The van der Waals surface area contributed by atoms with E-state index < -0.39 is 0 Å². The minimum absolute atomic E-state index is 0.141. The van der Waals surface area contributed by atoms with Crippen LogP contribution in [0.2, 0.25) is 0 Å². The first-order valence-electron chi connectivity index (χ1n) is 3.11. The lowest BCUT2D eigenvalue weighted by Crippen LogP contribution is -1.86. The quantitative estimate of drug-likeness (QED) is 0.590. The first-order chi connectivity index (χ1) is 5.25. The molecule has 56 valence electrons. The van der Waals surface area contributed by atoms with E-state index in [1.165, 1.54) is 6.07 Å². The molecule has 0 aliphatic rings. The van der Waals surface area contributed by atoms with Gasteiger partial charge in [0.15, 0.2) is 5.58 Å². The first kappa shape index (κ1) is 6.03. The van der Waals surface area contributed by atoms with Gasteiger partial charge >= 0.3 is 0 Å². The Labute approximate surface area is 62.3 Å². The van der Waals surface area contributed by atoms with E-state index in [4.69, 9.17) is 15.3 Å². The van der Waals surface area contributed by atoms with Crippen LogP contribution >= 0.6 is 0 Å². The van der Waals surface area contributed by atoms with Crippen molar-refractivity contribution >= 4 is 16.9 Å². The van der Waals surface area contributed by atoms with Gasteiger partial charge in [-0.3, -0.25) is 0 Å². The van der Waals surface area contributed by atoms with Crippen molar-refractivity contribution in [1.82, 2.24) is 4.98 Å². The Bertz CT molecular complexity index is 394. The van der Waals surface area contributed by atoms with Crippen LogP contribution in [0.1, 0.15) is 0 Å². The molecule has 2 aromatic rings. The molecule has 2 heterocycles. The third-order valence-corrected chi connectivity index (χ3v) is 1.38. The summed E-state index contributed by atoms with van der Waals surface area (Å²) in [6, 6.07) is 4.70. The molecule has 0 atom stereocenters. The van der Waals surface area contributed by atoms with E-state index in [2.05, 4.69) is 4.98 Å². The molecule has 0 spiro atoms. The third-order valence-electron chi connectivity index (χ3n) is 1.38. The molecule has 3 N–H and O–H groups in total. The molecule has 0 aliphatic heterocycles. The van der Waals surface area contributed by atoms with Gasteiger partial charge in [-0.15, -0.1) is 0 Å². The van der Waals surface area contributed by atoms with E-state index in [9.17, 15) is 0 Å².